The molecule has 0 aliphatic heterocycles. The number of rotatable bonds is 2. The van der Waals surface area contributed by atoms with Crippen LogP contribution in [0.4, 0.5) is 0 Å². The van der Waals surface area contributed by atoms with Crippen LogP contribution >= 0.6 is 0 Å². The molecule has 2 aromatic heterocycles. The Balaban J connectivity index is 2.14. The minimum absolute atomic E-state index is 0.173. The fourth-order valence-electron chi connectivity index (χ4n) is 2.39. The normalized spacial score (nSPS) is 10.9. The molecule has 0 N–H and O–H groups in total. The molecule has 0 spiro atoms. The maximum absolute atomic E-state index is 12.8. The third-order valence-corrected chi connectivity index (χ3v) is 3.39. The lowest BCUT2D eigenvalue weighted by Gasteiger charge is -2.09. The fraction of sp³-hybridized carbons (Fsp3) is 0. The van der Waals surface area contributed by atoms with E-state index in [2.05, 4.69) is 15.5 Å². The molecule has 0 atom stereocenters. The van der Waals surface area contributed by atoms with E-state index in [1.54, 1.807) is 18.2 Å². The monoisotopic (exact) mass is 290 g/mol. The van der Waals surface area contributed by atoms with E-state index in [0.717, 1.165) is 5.56 Å². The highest BCUT2D eigenvalue weighted by molar-refractivity contribution is 5.83. The Bertz CT molecular complexity index is 992. The van der Waals surface area contributed by atoms with Gasteiger partial charge >= 0.3 is 0 Å². The average Bonchev–Trinajstić information content (AvgIpc) is 3.10. The van der Waals surface area contributed by atoms with Crippen LogP contribution < -0.4 is 5.43 Å². The summed E-state index contributed by atoms with van der Waals surface area (Å²) in [7, 11) is 0. The van der Waals surface area contributed by atoms with Crippen molar-refractivity contribution in [1.29, 1.82) is 0 Å². The van der Waals surface area contributed by atoms with Crippen LogP contribution in [0.2, 0.25) is 0 Å². The first-order valence-electron chi connectivity index (χ1n) is 6.69. The van der Waals surface area contributed by atoms with E-state index in [1.807, 2.05) is 36.4 Å². The van der Waals surface area contributed by atoms with Gasteiger partial charge in [0.2, 0.25) is 5.43 Å². The van der Waals surface area contributed by atoms with E-state index in [4.69, 9.17) is 4.42 Å². The summed E-state index contributed by atoms with van der Waals surface area (Å²) in [4.78, 5) is 12.8. The van der Waals surface area contributed by atoms with E-state index in [1.165, 1.54) is 11.0 Å². The molecule has 0 aliphatic rings. The van der Waals surface area contributed by atoms with Crippen LogP contribution in [0.15, 0.2) is 70.1 Å². The van der Waals surface area contributed by atoms with Crippen LogP contribution in [0.5, 0.6) is 0 Å². The number of aromatic nitrogens is 4. The largest absolute Gasteiger partial charge is 0.454 e. The van der Waals surface area contributed by atoms with E-state index >= 15 is 0 Å². The topological polar surface area (TPSA) is 73.8 Å². The quantitative estimate of drug-likeness (QED) is 0.567. The molecule has 22 heavy (non-hydrogen) atoms. The standard InChI is InChI=1S/C16H10N4O2/c21-15-12-8-4-5-9-13(12)22-16(11-6-2-1-3-7-11)14(15)20-10-17-18-19-20/h1-10H. The van der Waals surface area contributed by atoms with Gasteiger partial charge in [-0.15, -0.1) is 5.10 Å². The van der Waals surface area contributed by atoms with E-state index in [-0.39, 0.29) is 5.43 Å². The molecule has 0 aliphatic carbocycles. The van der Waals surface area contributed by atoms with E-state index < -0.39 is 0 Å². The Morgan fingerprint density at radius 3 is 2.50 bits per heavy atom. The van der Waals surface area contributed by atoms with Crippen LogP contribution in [0.25, 0.3) is 28.0 Å². The van der Waals surface area contributed by atoms with Gasteiger partial charge in [0.25, 0.3) is 0 Å². The van der Waals surface area contributed by atoms with Crippen molar-refractivity contribution >= 4 is 11.0 Å². The van der Waals surface area contributed by atoms with Crippen molar-refractivity contribution in [1.82, 2.24) is 20.2 Å². The maximum atomic E-state index is 12.8. The third-order valence-electron chi connectivity index (χ3n) is 3.39. The van der Waals surface area contributed by atoms with Crippen LogP contribution in [0.1, 0.15) is 0 Å². The second-order valence-corrected chi connectivity index (χ2v) is 4.73. The minimum atomic E-state index is -0.173. The van der Waals surface area contributed by atoms with Crippen molar-refractivity contribution in [2.75, 3.05) is 0 Å². The second-order valence-electron chi connectivity index (χ2n) is 4.73. The van der Waals surface area contributed by atoms with Gasteiger partial charge in [0, 0.05) is 5.56 Å². The predicted molar refractivity (Wildman–Crippen MR) is 80.6 cm³/mol. The Kier molecular flexibility index (Phi) is 2.79. The average molecular weight is 290 g/mol. The van der Waals surface area contributed by atoms with Gasteiger partial charge in [0.1, 0.15) is 11.9 Å². The molecule has 2 heterocycles. The fourth-order valence-corrected chi connectivity index (χ4v) is 2.39. The number of fused-ring (bicyclic) bond motifs is 1. The minimum Gasteiger partial charge on any atom is -0.454 e. The van der Waals surface area contributed by atoms with Gasteiger partial charge in [0.15, 0.2) is 11.4 Å². The lowest BCUT2D eigenvalue weighted by atomic mass is 10.1. The lowest BCUT2D eigenvalue weighted by Crippen LogP contribution is -2.14. The van der Waals surface area contributed by atoms with E-state index in [0.29, 0.717) is 22.4 Å². The zero-order chi connectivity index (χ0) is 14.9. The van der Waals surface area contributed by atoms with Crippen LogP contribution in [-0.4, -0.2) is 20.2 Å². The number of para-hydroxylation sites is 1. The molecule has 0 fully saturated rings. The molecule has 2 aromatic carbocycles. The summed E-state index contributed by atoms with van der Waals surface area (Å²) >= 11 is 0. The molecule has 0 saturated carbocycles. The Morgan fingerprint density at radius 2 is 1.73 bits per heavy atom. The summed E-state index contributed by atoms with van der Waals surface area (Å²) in [5.74, 6) is 0.441. The Labute approximate surface area is 124 Å². The molecule has 4 rings (SSSR count). The number of tetrazole rings is 1. The van der Waals surface area contributed by atoms with Crippen molar-refractivity contribution in [3.8, 4) is 17.0 Å². The molecule has 6 nitrogen and oxygen atoms in total. The molecular weight excluding hydrogens is 280 g/mol. The van der Waals surface area contributed by atoms with Crippen molar-refractivity contribution in [2.24, 2.45) is 0 Å². The number of nitrogens with zero attached hydrogens (tertiary/aromatic N) is 4. The van der Waals surface area contributed by atoms with Crippen molar-refractivity contribution in [3.63, 3.8) is 0 Å². The zero-order valence-corrected chi connectivity index (χ0v) is 11.4. The van der Waals surface area contributed by atoms with Gasteiger partial charge in [-0.2, -0.15) is 4.68 Å². The van der Waals surface area contributed by atoms with Gasteiger partial charge < -0.3 is 4.42 Å². The number of hydrogen-bond donors (Lipinski definition) is 0. The smallest absolute Gasteiger partial charge is 0.219 e. The summed E-state index contributed by atoms with van der Waals surface area (Å²) in [5.41, 5.74) is 1.45. The predicted octanol–water partition coefficient (Wildman–Crippen LogP) is 2.44. The summed E-state index contributed by atoms with van der Waals surface area (Å²) in [5, 5.41) is 11.5. The van der Waals surface area contributed by atoms with Crippen LogP contribution in [0, 0.1) is 0 Å². The van der Waals surface area contributed by atoms with Gasteiger partial charge in [-0.3, -0.25) is 4.79 Å². The summed E-state index contributed by atoms with van der Waals surface area (Å²) in [6.07, 6.45) is 1.38. The molecule has 0 saturated heterocycles. The molecule has 6 heteroatoms. The Hall–Kier alpha value is -3.28. The van der Waals surface area contributed by atoms with Crippen molar-refractivity contribution in [2.45, 2.75) is 0 Å². The second kappa shape index (κ2) is 4.92. The summed E-state index contributed by atoms with van der Waals surface area (Å²) < 4.78 is 7.30. The van der Waals surface area contributed by atoms with Gasteiger partial charge in [-0.05, 0) is 22.6 Å². The molecule has 0 bridgehead atoms. The maximum Gasteiger partial charge on any atom is 0.219 e. The van der Waals surface area contributed by atoms with Crippen LogP contribution in [0.3, 0.4) is 0 Å². The highest BCUT2D eigenvalue weighted by Gasteiger charge is 2.18. The number of hydrogen-bond acceptors (Lipinski definition) is 5. The molecule has 106 valence electrons. The summed E-state index contributed by atoms with van der Waals surface area (Å²) in [6, 6.07) is 16.5. The molecule has 4 aromatic rings. The molecule has 0 amide bonds. The number of benzene rings is 2. The van der Waals surface area contributed by atoms with Crippen LogP contribution in [-0.2, 0) is 0 Å². The summed E-state index contributed by atoms with van der Waals surface area (Å²) in [6.45, 7) is 0. The molecule has 0 radical (unpaired) electrons. The lowest BCUT2D eigenvalue weighted by molar-refractivity contribution is 0.608. The van der Waals surface area contributed by atoms with Gasteiger partial charge in [-0.25, -0.2) is 0 Å². The van der Waals surface area contributed by atoms with Crippen molar-refractivity contribution < 1.29 is 4.42 Å². The SMILES string of the molecule is O=c1c(-n2cnnn2)c(-c2ccccc2)oc2ccccc12. The first-order chi connectivity index (χ1) is 10.8. The molecular formula is C16H10N4O2. The van der Waals surface area contributed by atoms with Gasteiger partial charge in [0.05, 0.1) is 5.39 Å². The highest BCUT2D eigenvalue weighted by atomic mass is 16.3. The zero-order valence-electron chi connectivity index (χ0n) is 11.4. The van der Waals surface area contributed by atoms with Gasteiger partial charge in [-0.1, -0.05) is 42.5 Å². The van der Waals surface area contributed by atoms with E-state index in [9.17, 15) is 4.79 Å². The highest BCUT2D eigenvalue weighted by Crippen LogP contribution is 2.27. The third kappa shape index (κ3) is 1.89. The van der Waals surface area contributed by atoms with Crippen molar-refractivity contribution in [3.05, 3.63) is 71.1 Å². The molecule has 0 unspecified atom stereocenters. The first-order valence-corrected chi connectivity index (χ1v) is 6.69. The first kappa shape index (κ1) is 12.5. The Morgan fingerprint density at radius 1 is 0.955 bits per heavy atom.